The first-order valence-electron chi connectivity index (χ1n) is 8.76. The lowest BCUT2D eigenvalue weighted by molar-refractivity contribution is 0.0959. The van der Waals surface area contributed by atoms with E-state index in [-0.39, 0.29) is 11.7 Å². The van der Waals surface area contributed by atoms with Crippen molar-refractivity contribution < 1.29 is 9.18 Å². The molecule has 3 nitrogen and oxygen atoms in total. The summed E-state index contributed by atoms with van der Waals surface area (Å²) in [5, 5.41) is 8.09. The molecule has 0 unspecified atom stereocenters. The molecular formula is C21H23FN2OS. The largest absolute Gasteiger partial charge is 0.380 e. The summed E-state index contributed by atoms with van der Waals surface area (Å²) in [4.78, 5) is 12.5. The molecule has 2 aromatic carbocycles. The van der Waals surface area contributed by atoms with Gasteiger partial charge in [0.15, 0.2) is 0 Å². The number of thioether (sulfide) groups is 1. The van der Waals surface area contributed by atoms with Crippen molar-refractivity contribution in [2.75, 3.05) is 18.1 Å². The van der Waals surface area contributed by atoms with E-state index in [9.17, 15) is 9.18 Å². The van der Waals surface area contributed by atoms with E-state index in [1.165, 1.54) is 24.5 Å². The highest BCUT2D eigenvalue weighted by Crippen LogP contribution is 2.41. The topological polar surface area (TPSA) is 41.1 Å². The van der Waals surface area contributed by atoms with Gasteiger partial charge in [0.25, 0.3) is 5.91 Å². The summed E-state index contributed by atoms with van der Waals surface area (Å²) in [6, 6.07) is 12.6. The fraction of sp³-hybridized carbons (Fsp3) is 0.286. The van der Waals surface area contributed by atoms with Crippen LogP contribution in [-0.4, -0.2) is 18.7 Å². The van der Waals surface area contributed by atoms with E-state index in [2.05, 4.69) is 10.6 Å². The van der Waals surface area contributed by atoms with Crippen LogP contribution in [0.15, 0.2) is 53.9 Å². The summed E-state index contributed by atoms with van der Waals surface area (Å²) in [5.41, 5.74) is 3.16. The van der Waals surface area contributed by atoms with Gasteiger partial charge < -0.3 is 10.6 Å². The minimum atomic E-state index is -0.244. The molecule has 136 valence electrons. The van der Waals surface area contributed by atoms with Crippen LogP contribution in [0.4, 0.5) is 10.1 Å². The first kappa shape index (κ1) is 18.5. The standard InChI is InChI=1S/C21H23FN2OS/c1-26-12-4-11-23-21(25)18-10-9-16(15-7-8-15)13-20(18)24-14-17-5-2-3-6-19(17)22/h2-6,9-10,12-13,15,24H,7-8,11,14H2,1H3,(H,23,25)/b12-4+. The first-order chi connectivity index (χ1) is 12.7. The Morgan fingerprint density at radius 1 is 1.27 bits per heavy atom. The lowest BCUT2D eigenvalue weighted by Crippen LogP contribution is -2.24. The van der Waals surface area contributed by atoms with Gasteiger partial charge in [-0.15, -0.1) is 11.8 Å². The summed E-state index contributed by atoms with van der Waals surface area (Å²) < 4.78 is 13.9. The maximum Gasteiger partial charge on any atom is 0.253 e. The molecule has 26 heavy (non-hydrogen) atoms. The Morgan fingerprint density at radius 2 is 2.08 bits per heavy atom. The highest BCUT2D eigenvalue weighted by atomic mass is 32.2. The van der Waals surface area contributed by atoms with Crippen molar-refractivity contribution in [2.45, 2.75) is 25.3 Å². The van der Waals surface area contributed by atoms with Crippen LogP contribution in [0.2, 0.25) is 0 Å². The van der Waals surface area contributed by atoms with Crippen LogP contribution in [0.3, 0.4) is 0 Å². The van der Waals surface area contributed by atoms with Crippen LogP contribution in [0, 0.1) is 5.82 Å². The second-order valence-electron chi connectivity index (χ2n) is 6.34. The highest BCUT2D eigenvalue weighted by Gasteiger charge is 2.24. The lowest BCUT2D eigenvalue weighted by atomic mass is 10.0. The molecule has 5 heteroatoms. The minimum absolute atomic E-state index is 0.130. The van der Waals surface area contributed by atoms with Crippen molar-refractivity contribution in [3.05, 3.63) is 76.5 Å². The molecule has 0 atom stereocenters. The fourth-order valence-corrected chi connectivity index (χ4v) is 3.09. The van der Waals surface area contributed by atoms with Crippen molar-refractivity contribution in [3.63, 3.8) is 0 Å². The van der Waals surface area contributed by atoms with Crippen LogP contribution >= 0.6 is 11.8 Å². The lowest BCUT2D eigenvalue weighted by Gasteiger charge is -2.14. The maximum absolute atomic E-state index is 13.9. The summed E-state index contributed by atoms with van der Waals surface area (Å²) in [6.45, 7) is 0.824. The van der Waals surface area contributed by atoms with Gasteiger partial charge in [-0.25, -0.2) is 4.39 Å². The zero-order valence-electron chi connectivity index (χ0n) is 14.8. The molecule has 0 radical (unpaired) electrons. The second-order valence-corrected chi connectivity index (χ2v) is 7.09. The van der Waals surface area contributed by atoms with E-state index >= 15 is 0 Å². The number of anilines is 1. The van der Waals surface area contributed by atoms with Gasteiger partial charge in [-0.2, -0.15) is 0 Å². The number of hydrogen-bond donors (Lipinski definition) is 2. The molecule has 3 rings (SSSR count). The first-order valence-corrected chi connectivity index (χ1v) is 10.0. The molecule has 1 amide bonds. The molecule has 2 N–H and O–H groups in total. The smallest absolute Gasteiger partial charge is 0.253 e. The van der Waals surface area contributed by atoms with E-state index in [0.717, 1.165) is 5.69 Å². The molecule has 0 spiro atoms. The third-order valence-electron chi connectivity index (χ3n) is 4.38. The fourth-order valence-electron chi connectivity index (χ4n) is 2.80. The molecule has 0 heterocycles. The molecule has 0 bridgehead atoms. The molecule has 2 aromatic rings. The van der Waals surface area contributed by atoms with Gasteiger partial charge in [-0.05, 0) is 54.2 Å². The van der Waals surface area contributed by atoms with E-state index in [0.29, 0.717) is 30.1 Å². The van der Waals surface area contributed by atoms with Crippen molar-refractivity contribution in [2.24, 2.45) is 0 Å². The number of halogens is 1. The Labute approximate surface area is 158 Å². The average molecular weight is 370 g/mol. The van der Waals surface area contributed by atoms with Gasteiger partial charge >= 0.3 is 0 Å². The van der Waals surface area contributed by atoms with Gasteiger partial charge in [-0.3, -0.25) is 4.79 Å². The summed E-state index contributed by atoms with van der Waals surface area (Å²) in [5.74, 6) is 0.214. The van der Waals surface area contributed by atoms with E-state index in [1.54, 1.807) is 23.9 Å². The summed E-state index contributed by atoms with van der Waals surface area (Å²) >= 11 is 1.59. The average Bonchev–Trinajstić information content (AvgIpc) is 3.49. The van der Waals surface area contributed by atoms with Gasteiger partial charge in [-0.1, -0.05) is 30.3 Å². The number of carbonyl (C=O) groups is 1. The molecule has 0 aliphatic heterocycles. The number of hydrogen-bond acceptors (Lipinski definition) is 3. The molecule has 1 aliphatic rings. The number of benzene rings is 2. The predicted molar refractivity (Wildman–Crippen MR) is 107 cm³/mol. The summed E-state index contributed by atoms with van der Waals surface area (Å²) in [6.07, 6.45) is 6.27. The van der Waals surface area contributed by atoms with E-state index < -0.39 is 0 Å². The Balaban J connectivity index is 1.76. The van der Waals surface area contributed by atoms with Gasteiger partial charge in [0.2, 0.25) is 0 Å². The molecule has 1 aliphatic carbocycles. The predicted octanol–water partition coefficient (Wildman–Crippen LogP) is 4.92. The zero-order chi connectivity index (χ0) is 18.4. The third kappa shape index (κ3) is 4.88. The van der Waals surface area contributed by atoms with Crippen LogP contribution in [0.5, 0.6) is 0 Å². The minimum Gasteiger partial charge on any atom is -0.380 e. The van der Waals surface area contributed by atoms with Crippen molar-refractivity contribution in [3.8, 4) is 0 Å². The zero-order valence-corrected chi connectivity index (χ0v) is 15.6. The van der Waals surface area contributed by atoms with Crippen LogP contribution in [0.1, 0.15) is 40.2 Å². The number of nitrogens with one attached hydrogen (secondary N) is 2. The van der Waals surface area contributed by atoms with Crippen LogP contribution < -0.4 is 10.6 Å². The molecule has 0 saturated heterocycles. The van der Waals surface area contributed by atoms with Crippen molar-refractivity contribution >= 4 is 23.4 Å². The van der Waals surface area contributed by atoms with Crippen LogP contribution in [0.25, 0.3) is 0 Å². The molecule has 1 fully saturated rings. The Bertz CT molecular complexity index is 802. The quantitative estimate of drug-likeness (QED) is 0.693. The SMILES string of the molecule is CS/C=C/CNC(=O)c1ccc(C2CC2)cc1NCc1ccccc1F. The number of rotatable bonds is 8. The number of amides is 1. The monoisotopic (exact) mass is 370 g/mol. The Hall–Kier alpha value is -2.27. The molecule has 0 aromatic heterocycles. The maximum atomic E-state index is 13.9. The Kier molecular flexibility index (Phi) is 6.34. The van der Waals surface area contributed by atoms with E-state index in [4.69, 9.17) is 0 Å². The van der Waals surface area contributed by atoms with E-state index in [1.807, 2.05) is 42.0 Å². The normalized spacial score (nSPS) is 13.8. The summed E-state index contributed by atoms with van der Waals surface area (Å²) in [7, 11) is 0. The highest BCUT2D eigenvalue weighted by molar-refractivity contribution is 8.01. The molecule has 1 saturated carbocycles. The van der Waals surface area contributed by atoms with Gasteiger partial charge in [0, 0.05) is 24.3 Å². The molecular weight excluding hydrogens is 347 g/mol. The van der Waals surface area contributed by atoms with Crippen LogP contribution in [-0.2, 0) is 6.54 Å². The van der Waals surface area contributed by atoms with Gasteiger partial charge in [0.1, 0.15) is 5.82 Å². The Morgan fingerprint density at radius 3 is 2.81 bits per heavy atom. The van der Waals surface area contributed by atoms with Crippen molar-refractivity contribution in [1.29, 1.82) is 0 Å². The van der Waals surface area contributed by atoms with Crippen molar-refractivity contribution in [1.82, 2.24) is 5.32 Å². The second kappa shape index (κ2) is 8.90. The number of carbonyl (C=O) groups excluding carboxylic acids is 1. The third-order valence-corrected chi connectivity index (χ3v) is 4.84. The van der Waals surface area contributed by atoms with Gasteiger partial charge in [0.05, 0.1) is 5.56 Å².